The predicted molar refractivity (Wildman–Crippen MR) is 80.3 cm³/mol. The van der Waals surface area contributed by atoms with Crippen LogP contribution in [-0.4, -0.2) is 33.5 Å². The molecule has 0 unspecified atom stereocenters. The van der Waals surface area contributed by atoms with E-state index in [2.05, 4.69) is 52.6 Å². The van der Waals surface area contributed by atoms with E-state index >= 15 is 0 Å². The van der Waals surface area contributed by atoms with Crippen molar-refractivity contribution in [2.45, 2.75) is 13.1 Å². The fourth-order valence-corrected chi connectivity index (χ4v) is 2.32. The summed E-state index contributed by atoms with van der Waals surface area (Å²) in [5.74, 6) is 0. The number of nitrogens with zero attached hydrogens (tertiary/aromatic N) is 4. The molecule has 4 nitrogen and oxygen atoms in total. The zero-order chi connectivity index (χ0) is 13.8. The van der Waals surface area contributed by atoms with Gasteiger partial charge in [0.1, 0.15) is 5.52 Å². The summed E-state index contributed by atoms with van der Waals surface area (Å²) < 4.78 is 1.97. The molecule has 0 saturated heterocycles. The Morgan fingerprint density at radius 1 is 1.00 bits per heavy atom. The van der Waals surface area contributed by atoms with Gasteiger partial charge < -0.3 is 4.90 Å². The van der Waals surface area contributed by atoms with Crippen molar-refractivity contribution in [3.8, 4) is 0 Å². The van der Waals surface area contributed by atoms with Crippen molar-refractivity contribution in [3.63, 3.8) is 0 Å². The smallest absolute Gasteiger partial charge is 0.113 e. The Bertz CT molecular complexity index is 675. The van der Waals surface area contributed by atoms with E-state index in [0.717, 1.165) is 30.7 Å². The minimum Gasteiger partial charge on any atom is -0.300 e. The molecule has 0 fully saturated rings. The first-order valence-corrected chi connectivity index (χ1v) is 6.83. The topological polar surface area (TPSA) is 34.0 Å². The highest BCUT2D eigenvalue weighted by molar-refractivity contribution is 5.73. The third-order valence-electron chi connectivity index (χ3n) is 3.41. The predicted octanol–water partition coefficient (Wildman–Crippen LogP) is 2.56. The molecule has 0 aliphatic heterocycles. The molecular formula is C16H18N4. The highest BCUT2D eigenvalue weighted by atomic mass is 15.4. The summed E-state index contributed by atoms with van der Waals surface area (Å²) in [6.07, 6.45) is 0. The maximum Gasteiger partial charge on any atom is 0.113 e. The first-order chi connectivity index (χ1) is 9.83. The summed E-state index contributed by atoms with van der Waals surface area (Å²) >= 11 is 0. The Balaban J connectivity index is 1.62. The van der Waals surface area contributed by atoms with E-state index in [0.29, 0.717) is 0 Å². The Labute approximate surface area is 118 Å². The van der Waals surface area contributed by atoms with Crippen LogP contribution in [0.25, 0.3) is 11.0 Å². The standard InChI is InChI=1S/C16H18N4/c1-19(13-14-7-3-2-4-8-14)11-12-20-16-10-6-5-9-15(16)17-18-20/h2-10H,11-13H2,1H3. The summed E-state index contributed by atoms with van der Waals surface area (Å²) in [6, 6.07) is 18.6. The van der Waals surface area contributed by atoms with Crippen molar-refractivity contribution >= 4 is 11.0 Å². The number of fused-ring (bicyclic) bond motifs is 1. The summed E-state index contributed by atoms with van der Waals surface area (Å²) in [5, 5.41) is 8.39. The van der Waals surface area contributed by atoms with Gasteiger partial charge in [-0.1, -0.05) is 47.7 Å². The number of aromatic nitrogens is 3. The lowest BCUT2D eigenvalue weighted by atomic mass is 10.2. The van der Waals surface area contributed by atoms with Crippen LogP contribution >= 0.6 is 0 Å². The number of rotatable bonds is 5. The van der Waals surface area contributed by atoms with Crippen LogP contribution in [0.5, 0.6) is 0 Å². The Hall–Kier alpha value is -2.20. The molecule has 0 bridgehead atoms. The molecule has 1 heterocycles. The van der Waals surface area contributed by atoms with Crippen LogP contribution in [0.3, 0.4) is 0 Å². The molecule has 1 aromatic heterocycles. The Morgan fingerprint density at radius 3 is 2.60 bits per heavy atom. The molecule has 20 heavy (non-hydrogen) atoms. The molecule has 0 aliphatic carbocycles. The van der Waals surface area contributed by atoms with Crippen LogP contribution in [0.15, 0.2) is 54.6 Å². The van der Waals surface area contributed by atoms with E-state index < -0.39 is 0 Å². The monoisotopic (exact) mass is 266 g/mol. The van der Waals surface area contributed by atoms with Gasteiger partial charge in [0.15, 0.2) is 0 Å². The highest BCUT2D eigenvalue weighted by Gasteiger charge is 2.05. The molecule has 0 spiro atoms. The Morgan fingerprint density at radius 2 is 1.75 bits per heavy atom. The average molecular weight is 266 g/mol. The fourth-order valence-electron chi connectivity index (χ4n) is 2.32. The minimum atomic E-state index is 0.851. The van der Waals surface area contributed by atoms with Crippen molar-refractivity contribution < 1.29 is 0 Å². The molecule has 0 amide bonds. The zero-order valence-corrected chi connectivity index (χ0v) is 11.6. The van der Waals surface area contributed by atoms with Gasteiger partial charge in [-0.15, -0.1) is 5.10 Å². The van der Waals surface area contributed by atoms with E-state index in [1.165, 1.54) is 5.56 Å². The molecule has 4 heteroatoms. The molecule has 2 aromatic carbocycles. The SMILES string of the molecule is CN(CCn1nnc2ccccc21)Cc1ccccc1. The summed E-state index contributed by atoms with van der Waals surface area (Å²) in [6.45, 7) is 2.75. The Kier molecular flexibility index (Phi) is 3.74. The van der Waals surface area contributed by atoms with Crippen LogP contribution in [0.2, 0.25) is 0 Å². The lowest BCUT2D eigenvalue weighted by molar-refractivity contribution is 0.306. The molecule has 3 rings (SSSR count). The van der Waals surface area contributed by atoms with Crippen LogP contribution in [0.4, 0.5) is 0 Å². The van der Waals surface area contributed by atoms with Gasteiger partial charge in [-0.3, -0.25) is 0 Å². The van der Waals surface area contributed by atoms with Gasteiger partial charge in [0, 0.05) is 13.1 Å². The van der Waals surface area contributed by atoms with Crippen LogP contribution in [-0.2, 0) is 13.1 Å². The van der Waals surface area contributed by atoms with Gasteiger partial charge in [0.25, 0.3) is 0 Å². The minimum absolute atomic E-state index is 0.851. The summed E-state index contributed by atoms with van der Waals surface area (Å²) in [4.78, 5) is 2.30. The average Bonchev–Trinajstić information content (AvgIpc) is 2.89. The first-order valence-electron chi connectivity index (χ1n) is 6.83. The van der Waals surface area contributed by atoms with Gasteiger partial charge in [-0.2, -0.15) is 0 Å². The van der Waals surface area contributed by atoms with Crippen molar-refractivity contribution in [2.24, 2.45) is 0 Å². The molecular weight excluding hydrogens is 248 g/mol. The van der Waals surface area contributed by atoms with E-state index in [1.807, 2.05) is 28.9 Å². The lowest BCUT2D eigenvalue weighted by Crippen LogP contribution is -2.23. The van der Waals surface area contributed by atoms with E-state index in [1.54, 1.807) is 0 Å². The van der Waals surface area contributed by atoms with Crippen molar-refractivity contribution in [1.29, 1.82) is 0 Å². The molecule has 0 radical (unpaired) electrons. The summed E-state index contributed by atoms with van der Waals surface area (Å²) in [7, 11) is 2.13. The normalized spacial score (nSPS) is 11.3. The molecule has 0 saturated carbocycles. The fraction of sp³-hybridized carbons (Fsp3) is 0.250. The highest BCUT2D eigenvalue weighted by Crippen LogP contribution is 2.10. The van der Waals surface area contributed by atoms with Gasteiger partial charge in [-0.05, 0) is 24.7 Å². The zero-order valence-electron chi connectivity index (χ0n) is 11.6. The largest absolute Gasteiger partial charge is 0.300 e. The van der Waals surface area contributed by atoms with Gasteiger partial charge in [-0.25, -0.2) is 4.68 Å². The molecule has 3 aromatic rings. The second-order valence-electron chi connectivity index (χ2n) is 5.02. The third kappa shape index (κ3) is 2.86. The summed E-state index contributed by atoms with van der Waals surface area (Å²) in [5.41, 5.74) is 3.39. The van der Waals surface area contributed by atoms with E-state index in [4.69, 9.17) is 0 Å². The number of likely N-dealkylation sites (N-methyl/N-ethyl adjacent to an activating group) is 1. The van der Waals surface area contributed by atoms with Crippen molar-refractivity contribution in [2.75, 3.05) is 13.6 Å². The second kappa shape index (κ2) is 5.84. The van der Waals surface area contributed by atoms with Crippen molar-refractivity contribution in [3.05, 3.63) is 60.2 Å². The number of hydrogen-bond acceptors (Lipinski definition) is 3. The first kappa shape index (κ1) is 12.8. The van der Waals surface area contributed by atoms with Crippen LogP contribution in [0, 0.1) is 0 Å². The van der Waals surface area contributed by atoms with E-state index in [-0.39, 0.29) is 0 Å². The lowest BCUT2D eigenvalue weighted by Gasteiger charge is -2.16. The van der Waals surface area contributed by atoms with Crippen LogP contribution in [0.1, 0.15) is 5.56 Å². The number of hydrogen-bond donors (Lipinski definition) is 0. The number of benzene rings is 2. The second-order valence-corrected chi connectivity index (χ2v) is 5.02. The number of para-hydroxylation sites is 1. The molecule has 0 N–H and O–H groups in total. The third-order valence-corrected chi connectivity index (χ3v) is 3.41. The van der Waals surface area contributed by atoms with Crippen LogP contribution < -0.4 is 0 Å². The van der Waals surface area contributed by atoms with Gasteiger partial charge in [0.2, 0.25) is 0 Å². The maximum atomic E-state index is 4.21. The van der Waals surface area contributed by atoms with Gasteiger partial charge >= 0.3 is 0 Å². The maximum absolute atomic E-state index is 4.21. The molecule has 0 atom stereocenters. The quantitative estimate of drug-likeness (QED) is 0.711. The van der Waals surface area contributed by atoms with Crippen molar-refractivity contribution in [1.82, 2.24) is 19.9 Å². The molecule has 102 valence electrons. The van der Waals surface area contributed by atoms with E-state index in [9.17, 15) is 0 Å². The van der Waals surface area contributed by atoms with Gasteiger partial charge in [0.05, 0.1) is 12.1 Å². The molecule has 0 aliphatic rings.